The smallest absolute Gasteiger partial charge is 0.336 e. The first-order valence-electron chi connectivity index (χ1n) is 10.1. The van der Waals surface area contributed by atoms with E-state index in [9.17, 15) is 14.0 Å². The summed E-state index contributed by atoms with van der Waals surface area (Å²) in [5, 5.41) is 0.359. The SMILES string of the molecule is COc1cc(C=CC(=O)Oc2ccc(C(=O)c3ccc(F)cc3)cc2)cc(Cl)c1OC(C)C. The minimum absolute atomic E-state index is 0.0786. The number of carbonyl (C=O) groups excluding carboxylic acids is 2. The highest BCUT2D eigenvalue weighted by molar-refractivity contribution is 6.32. The number of esters is 1. The van der Waals surface area contributed by atoms with Crippen LogP contribution in [0.4, 0.5) is 4.39 Å². The summed E-state index contributed by atoms with van der Waals surface area (Å²) in [5.74, 6) is -0.123. The first-order valence-corrected chi connectivity index (χ1v) is 10.5. The summed E-state index contributed by atoms with van der Waals surface area (Å²) in [6, 6.07) is 14.7. The Balaban J connectivity index is 1.66. The number of rotatable bonds is 8. The number of halogens is 2. The van der Waals surface area contributed by atoms with Gasteiger partial charge in [-0.1, -0.05) is 11.6 Å². The number of hydrogen-bond acceptors (Lipinski definition) is 5. The Hall–Kier alpha value is -3.64. The summed E-state index contributed by atoms with van der Waals surface area (Å²) in [5.41, 5.74) is 1.38. The average Bonchev–Trinajstić information content (AvgIpc) is 2.79. The third-order valence-electron chi connectivity index (χ3n) is 4.46. The Bertz CT molecular complexity index is 1170. The van der Waals surface area contributed by atoms with E-state index in [1.165, 1.54) is 61.7 Å². The lowest BCUT2D eigenvalue weighted by molar-refractivity contribution is -0.128. The molecule has 3 aromatic carbocycles. The number of hydrogen-bond donors (Lipinski definition) is 0. The van der Waals surface area contributed by atoms with E-state index in [0.29, 0.717) is 33.2 Å². The van der Waals surface area contributed by atoms with E-state index >= 15 is 0 Å². The maximum Gasteiger partial charge on any atom is 0.336 e. The van der Waals surface area contributed by atoms with Crippen molar-refractivity contribution >= 4 is 29.4 Å². The van der Waals surface area contributed by atoms with Gasteiger partial charge in [-0.15, -0.1) is 0 Å². The lowest BCUT2D eigenvalue weighted by Crippen LogP contribution is -2.07. The fraction of sp³-hybridized carbons (Fsp3) is 0.154. The van der Waals surface area contributed by atoms with Gasteiger partial charge in [0.1, 0.15) is 11.6 Å². The van der Waals surface area contributed by atoms with E-state index in [1.54, 1.807) is 18.2 Å². The summed E-state index contributed by atoms with van der Waals surface area (Å²) in [6.45, 7) is 3.76. The third-order valence-corrected chi connectivity index (χ3v) is 4.74. The molecule has 0 saturated heterocycles. The number of carbonyl (C=O) groups is 2. The molecule has 0 spiro atoms. The van der Waals surface area contributed by atoms with Gasteiger partial charge in [-0.05, 0) is 86.2 Å². The van der Waals surface area contributed by atoms with Crippen molar-refractivity contribution in [1.82, 2.24) is 0 Å². The molecule has 0 bridgehead atoms. The molecule has 0 amide bonds. The highest BCUT2D eigenvalue weighted by Gasteiger charge is 2.13. The summed E-state index contributed by atoms with van der Waals surface area (Å²) in [6.07, 6.45) is 2.72. The van der Waals surface area contributed by atoms with Crippen molar-refractivity contribution in [2.75, 3.05) is 7.11 Å². The molecule has 33 heavy (non-hydrogen) atoms. The molecule has 0 unspecified atom stereocenters. The number of methoxy groups -OCH3 is 1. The summed E-state index contributed by atoms with van der Waals surface area (Å²) >= 11 is 6.29. The van der Waals surface area contributed by atoms with Crippen molar-refractivity contribution in [3.8, 4) is 17.2 Å². The first kappa shape index (κ1) is 24.0. The van der Waals surface area contributed by atoms with Gasteiger partial charge in [0.15, 0.2) is 17.3 Å². The molecule has 0 N–H and O–H groups in total. The van der Waals surface area contributed by atoms with Crippen LogP contribution in [0.15, 0.2) is 66.7 Å². The van der Waals surface area contributed by atoms with E-state index in [2.05, 4.69) is 0 Å². The largest absolute Gasteiger partial charge is 0.493 e. The van der Waals surface area contributed by atoms with Crippen LogP contribution in [0.25, 0.3) is 6.08 Å². The van der Waals surface area contributed by atoms with Gasteiger partial charge in [-0.25, -0.2) is 9.18 Å². The number of ether oxygens (including phenoxy) is 3. The van der Waals surface area contributed by atoms with E-state index in [4.69, 9.17) is 25.8 Å². The standard InChI is InChI=1S/C26H22ClFO5/c1-16(2)32-26-22(27)14-17(15-23(26)31-3)4-13-24(29)33-21-11-7-19(8-12-21)25(30)18-5-9-20(28)10-6-18/h4-16H,1-3H3. The van der Waals surface area contributed by atoms with Crippen molar-refractivity contribution in [2.24, 2.45) is 0 Å². The molecule has 170 valence electrons. The van der Waals surface area contributed by atoms with Crippen molar-refractivity contribution in [2.45, 2.75) is 20.0 Å². The minimum atomic E-state index is -0.606. The van der Waals surface area contributed by atoms with Gasteiger partial charge in [-0.3, -0.25) is 4.79 Å². The fourth-order valence-electron chi connectivity index (χ4n) is 2.94. The van der Waals surface area contributed by atoms with Crippen molar-refractivity contribution in [1.29, 1.82) is 0 Å². The zero-order valence-electron chi connectivity index (χ0n) is 18.3. The molecule has 0 heterocycles. The Morgan fingerprint density at radius 3 is 2.15 bits per heavy atom. The maximum atomic E-state index is 13.0. The first-order chi connectivity index (χ1) is 15.8. The van der Waals surface area contributed by atoms with Crippen molar-refractivity contribution in [3.05, 3.63) is 94.3 Å². The van der Waals surface area contributed by atoms with E-state index in [0.717, 1.165) is 0 Å². The highest BCUT2D eigenvalue weighted by atomic mass is 35.5. The van der Waals surface area contributed by atoms with Gasteiger partial charge < -0.3 is 14.2 Å². The summed E-state index contributed by atoms with van der Waals surface area (Å²) in [7, 11) is 1.51. The van der Waals surface area contributed by atoms with Gasteiger partial charge >= 0.3 is 5.97 Å². The van der Waals surface area contributed by atoms with Gasteiger partial charge in [0.05, 0.1) is 18.2 Å². The van der Waals surface area contributed by atoms with E-state index in [1.807, 2.05) is 13.8 Å². The molecule has 0 saturated carbocycles. The van der Waals surface area contributed by atoms with Crippen molar-refractivity contribution < 1.29 is 28.2 Å². The zero-order valence-corrected chi connectivity index (χ0v) is 19.1. The maximum absolute atomic E-state index is 13.0. The summed E-state index contributed by atoms with van der Waals surface area (Å²) in [4.78, 5) is 24.7. The number of ketones is 1. The van der Waals surface area contributed by atoms with Gasteiger partial charge in [-0.2, -0.15) is 0 Å². The van der Waals surface area contributed by atoms with Gasteiger partial charge in [0.2, 0.25) is 0 Å². The quantitative estimate of drug-likeness (QED) is 0.172. The van der Waals surface area contributed by atoms with E-state index in [-0.39, 0.29) is 17.6 Å². The molecule has 0 radical (unpaired) electrons. The molecular formula is C26H22ClFO5. The summed E-state index contributed by atoms with van der Waals surface area (Å²) < 4.78 is 29.3. The Morgan fingerprint density at radius 1 is 0.970 bits per heavy atom. The molecule has 0 aliphatic rings. The van der Waals surface area contributed by atoms with Crippen LogP contribution in [0.3, 0.4) is 0 Å². The molecular weight excluding hydrogens is 447 g/mol. The van der Waals surface area contributed by atoms with Crippen LogP contribution in [0, 0.1) is 5.82 Å². The topological polar surface area (TPSA) is 61.8 Å². The molecule has 0 aliphatic carbocycles. The zero-order chi connectivity index (χ0) is 24.0. The lowest BCUT2D eigenvalue weighted by Gasteiger charge is -2.15. The van der Waals surface area contributed by atoms with E-state index < -0.39 is 11.8 Å². The van der Waals surface area contributed by atoms with Gasteiger partial charge in [0, 0.05) is 17.2 Å². The molecule has 5 nitrogen and oxygen atoms in total. The Morgan fingerprint density at radius 2 is 1.58 bits per heavy atom. The average molecular weight is 469 g/mol. The lowest BCUT2D eigenvalue weighted by atomic mass is 10.0. The normalized spacial score (nSPS) is 11.0. The number of benzene rings is 3. The highest BCUT2D eigenvalue weighted by Crippen LogP contribution is 2.37. The molecule has 3 aromatic rings. The van der Waals surface area contributed by atoms with Crippen molar-refractivity contribution in [3.63, 3.8) is 0 Å². The van der Waals surface area contributed by atoms with Crippen LogP contribution >= 0.6 is 11.6 Å². The molecule has 7 heteroatoms. The van der Waals surface area contributed by atoms with Crippen LogP contribution < -0.4 is 14.2 Å². The minimum Gasteiger partial charge on any atom is -0.493 e. The predicted octanol–water partition coefficient (Wildman–Crippen LogP) is 6.12. The molecule has 0 fully saturated rings. The molecule has 0 atom stereocenters. The second-order valence-electron chi connectivity index (χ2n) is 7.32. The Kier molecular flexibility index (Phi) is 7.85. The molecule has 3 rings (SSSR count). The van der Waals surface area contributed by atoms with Crippen LogP contribution in [0.5, 0.6) is 17.2 Å². The van der Waals surface area contributed by atoms with Crippen LogP contribution in [0.2, 0.25) is 5.02 Å². The van der Waals surface area contributed by atoms with Gasteiger partial charge in [0.25, 0.3) is 0 Å². The molecule has 0 aliphatic heterocycles. The Labute approximate surface area is 196 Å². The van der Waals surface area contributed by atoms with Crippen LogP contribution in [-0.4, -0.2) is 25.0 Å². The second kappa shape index (κ2) is 10.8. The fourth-order valence-corrected chi connectivity index (χ4v) is 3.21. The predicted molar refractivity (Wildman–Crippen MR) is 125 cm³/mol. The third kappa shape index (κ3) is 6.43. The monoisotopic (exact) mass is 468 g/mol. The molecule has 0 aromatic heterocycles. The second-order valence-corrected chi connectivity index (χ2v) is 7.72. The van der Waals surface area contributed by atoms with Crippen LogP contribution in [-0.2, 0) is 4.79 Å². The van der Waals surface area contributed by atoms with Crippen LogP contribution in [0.1, 0.15) is 35.3 Å².